The Morgan fingerprint density at radius 3 is 3.00 bits per heavy atom. The van der Waals surface area contributed by atoms with Crippen molar-refractivity contribution in [3.63, 3.8) is 0 Å². The van der Waals surface area contributed by atoms with E-state index in [1.165, 1.54) is 6.42 Å². The van der Waals surface area contributed by atoms with Crippen molar-refractivity contribution in [2.45, 2.75) is 38.6 Å². The summed E-state index contributed by atoms with van der Waals surface area (Å²) in [5.41, 5.74) is 8.72. The summed E-state index contributed by atoms with van der Waals surface area (Å²) < 4.78 is 2.34. The first-order valence-corrected chi connectivity index (χ1v) is 7.11. The molecule has 3 rings (SSSR count). The van der Waals surface area contributed by atoms with E-state index in [1.54, 1.807) is 0 Å². The molecule has 3 N–H and O–H groups in total. The molecule has 4 heteroatoms. The van der Waals surface area contributed by atoms with Crippen LogP contribution in [-0.2, 0) is 6.42 Å². The zero-order chi connectivity index (χ0) is 13.4. The highest BCUT2D eigenvalue weighted by molar-refractivity contribution is 5.79. The summed E-state index contributed by atoms with van der Waals surface area (Å²) in [6.07, 6.45) is 4.34. The molecule has 0 radical (unpaired) electrons. The molecule has 1 aliphatic carbocycles. The Morgan fingerprint density at radius 1 is 1.42 bits per heavy atom. The minimum atomic E-state index is 0.266. The van der Waals surface area contributed by atoms with E-state index < -0.39 is 0 Å². The van der Waals surface area contributed by atoms with Crippen molar-refractivity contribution in [3.05, 3.63) is 24.0 Å². The number of nitrogens with zero attached hydrogens (tertiary/aromatic N) is 2. The maximum Gasteiger partial charge on any atom is 0.109 e. The quantitative estimate of drug-likeness (QED) is 0.832. The molecule has 1 aromatic heterocycles. The summed E-state index contributed by atoms with van der Waals surface area (Å²) >= 11 is 0. The molecule has 0 amide bonds. The number of aryl methyl sites for hydroxylation is 1. The second-order valence-corrected chi connectivity index (χ2v) is 5.44. The number of benzene rings is 1. The fourth-order valence-electron chi connectivity index (χ4n) is 3.36. The molecule has 1 aliphatic rings. The summed E-state index contributed by atoms with van der Waals surface area (Å²) in [5.74, 6) is 1.46. The van der Waals surface area contributed by atoms with Crippen LogP contribution < -0.4 is 5.73 Å². The van der Waals surface area contributed by atoms with Gasteiger partial charge in [-0.3, -0.25) is 0 Å². The number of hydrogen-bond donors (Lipinski definition) is 2. The van der Waals surface area contributed by atoms with Crippen LogP contribution in [-0.4, -0.2) is 21.3 Å². The number of aliphatic hydroxyl groups is 1. The number of aromatic nitrogens is 2. The number of hydrogen-bond acceptors (Lipinski definition) is 3. The first-order chi connectivity index (χ1) is 9.24. The summed E-state index contributed by atoms with van der Waals surface area (Å²) in [7, 11) is 0. The molecule has 2 aromatic rings. The molecule has 1 fully saturated rings. The van der Waals surface area contributed by atoms with Crippen LogP contribution in [0, 0.1) is 5.92 Å². The Labute approximate surface area is 113 Å². The van der Waals surface area contributed by atoms with Gasteiger partial charge in [-0.25, -0.2) is 4.98 Å². The van der Waals surface area contributed by atoms with Gasteiger partial charge < -0.3 is 15.4 Å². The van der Waals surface area contributed by atoms with Crippen molar-refractivity contribution in [1.29, 1.82) is 0 Å². The maximum atomic E-state index is 9.56. The summed E-state index contributed by atoms with van der Waals surface area (Å²) in [6, 6.07) is 6.31. The number of aliphatic hydroxyl groups excluding tert-OH is 1. The predicted octanol–water partition coefficient (Wildman–Crippen LogP) is 2.51. The number of nitrogen functional groups attached to an aromatic ring is 1. The van der Waals surface area contributed by atoms with Crippen LogP contribution in [0.1, 0.15) is 38.1 Å². The van der Waals surface area contributed by atoms with Crippen molar-refractivity contribution < 1.29 is 5.11 Å². The molecule has 2 unspecified atom stereocenters. The molecule has 0 saturated heterocycles. The van der Waals surface area contributed by atoms with Crippen LogP contribution in [0.25, 0.3) is 11.0 Å². The van der Waals surface area contributed by atoms with Gasteiger partial charge in [0.15, 0.2) is 0 Å². The second-order valence-electron chi connectivity index (χ2n) is 5.44. The normalized spacial score (nSPS) is 23.3. The van der Waals surface area contributed by atoms with Crippen molar-refractivity contribution in [1.82, 2.24) is 9.55 Å². The van der Waals surface area contributed by atoms with Gasteiger partial charge in [0.05, 0.1) is 11.0 Å². The molecular formula is C15H21N3O. The van der Waals surface area contributed by atoms with Gasteiger partial charge in [-0.15, -0.1) is 0 Å². The van der Waals surface area contributed by atoms with E-state index in [-0.39, 0.29) is 6.61 Å². The van der Waals surface area contributed by atoms with E-state index in [1.807, 2.05) is 12.1 Å². The number of imidazole rings is 1. The van der Waals surface area contributed by atoms with Gasteiger partial charge in [0, 0.05) is 30.7 Å². The van der Waals surface area contributed by atoms with Crippen LogP contribution in [0.15, 0.2) is 18.2 Å². The number of fused-ring (bicyclic) bond motifs is 1. The van der Waals surface area contributed by atoms with E-state index in [2.05, 4.69) is 17.6 Å². The molecule has 19 heavy (non-hydrogen) atoms. The Hall–Kier alpha value is -1.55. The van der Waals surface area contributed by atoms with Gasteiger partial charge in [0.2, 0.25) is 0 Å². The molecule has 102 valence electrons. The predicted molar refractivity (Wildman–Crippen MR) is 77.0 cm³/mol. The van der Waals surface area contributed by atoms with E-state index in [9.17, 15) is 5.11 Å². The topological polar surface area (TPSA) is 64.1 Å². The largest absolute Gasteiger partial charge is 0.399 e. The van der Waals surface area contributed by atoms with Gasteiger partial charge in [-0.2, -0.15) is 0 Å². The molecule has 4 nitrogen and oxygen atoms in total. The molecule has 1 saturated carbocycles. The first-order valence-electron chi connectivity index (χ1n) is 7.11. The van der Waals surface area contributed by atoms with Crippen LogP contribution >= 0.6 is 0 Å². The molecule has 0 spiro atoms. The van der Waals surface area contributed by atoms with E-state index in [0.717, 1.165) is 41.8 Å². The van der Waals surface area contributed by atoms with Crippen LogP contribution in [0.3, 0.4) is 0 Å². The second kappa shape index (κ2) is 4.85. The summed E-state index contributed by atoms with van der Waals surface area (Å²) in [6.45, 7) is 2.40. The van der Waals surface area contributed by atoms with Crippen LogP contribution in [0.4, 0.5) is 5.69 Å². The number of nitrogens with two attached hydrogens (primary N) is 1. The van der Waals surface area contributed by atoms with Crippen molar-refractivity contribution in [2.24, 2.45) is 5.92 Å². The van der Waals surface area contributed by atoms with Crippen molar-refractivity contribution >= 4 is 16.7 Å². The van der Waals surface area contributed by atoms with Crippen LogP contribution in [0.5, 0.6) is 0 Å². The average molecular weight is 259 g/mol. The lowest BCUT2D eigenvalue weighted by Crippen LogP contribution is -2.19. The smallest absolute Gasteiger partial charge is 0.109 e. The molecule has 0 aliphatic heterocycles. The lowest BCUT2D eigenvalue weighted by Gasteiger charge is -2.22. The molecular weight excluding hydrogens is 238 g/mol. The van der Waals surface area contributed by atoms with Crippen molar-refractivity contribution in [3.8, 4) is 0 Å². The SMILES string of the molecule is CCc1nc2cc(N)ccc2n1C1CCCC1CO. The molecule has 0 bridgehead atoms. The highest BCUT2D eigenvalue weighted by atomic mass is 16.3. The monoisotopic (exact) mass is 259 g/mol. The van der Waals surface area contributed by atoms with Crippen molar-refractivity contribution in [2.75, 3.05) is 12.3 Å². The number of rotatable bonds is 3. The van der Waals surface area contributed by atoms with Crippen LogP contribution in [0.2, 0.25) is 0 Å². The fraction of sp³-hybridized carbons (Fsp3) is 0.533. The Bertz CT molecular complexity index is 590. The average Bonchev–Trinajstić information content (AvgIpc) is 3.00. The Kier molecular flexibility index (Phi) is 3.19. The lowest BCUT2D eigenvalue weighted by atomic mass is 10.0. The van der Waals surface area contributed by atoms with E-state index >= 15 is 0 Å². The zero-order valence-electron chi connectivity index (χ0n) is 11.3. The zero-order valence-corrected chi connectivity index (χ0v) is 11.3. The Morgan fingerprint density at radius 2 is 2.26 bits per heavy atom. The lowest BCUT2D eigenvalue weighted by molar-refractivity contribution is 0.196. The van der Waals surface area contributed by atoms with Gasteiger partial charge in [-0.05, 0) is 31.0 Å². The summed E-state index contributed by atoms with van der Waals surface area (Å²) in [5, 5.41) is 9.56. The van der Waals surface area contributed by atoms with Gasteiger partial charge >= 0.3 is 0 Å². The fourth-order valence-corrected chi connectivity index (χ4v) is 3.36. The molecule has 2 atom stereocenters. The van der Waals surface area contributed by atoms with E-state index in [4.69, 9.17) is 10.7 Å². The minimum Gasteiger partial charge on any atom is -0.399 e. The maximum absolute atomic E-state index is 9.56. The number of anilines is 1. The third kappa shape index (κ3) is 2.00. The Balaban J connectivity index is 2.15. The third-order valence-corrected chi connectivity index (χ3v) is 4.29. The van der Waals surface area contributed by atoms with Gasteiger partial charge in [0.25, 0.3) is 0 Å². The highest BCUT2D eigenvalue weighted by Crippen LogP contribution is 2.38. The highest BCUT2D eigenvalue weighted by Gasteiger charge is 2.30. The first kappa shape index (κ1) is 12.5. The molecule has 1 aromatic carbocycles. The molecule has 1 heterocycles. The van der Waals surface area contributed by atoms with E-state index in [0.29, 0.717) is 12.0 Å². The third-order valence-electron chi connectivity index (χ3n) is 4.29. The minimum absolute atomic E-state index is 0.266. The summed E-state index contributed by atoms with van der Waals surface area (Å²) in [4.78, 5) is 4.71. The standard InChI is InChI=1S/C15H21N3O/c1-2-15-17-12-8-11(16)6-7-14(12)18(15)13-5-3-4-10(13)9-19/h6-8,10,13,19H,2-5,9,16H2,1H3. The van der Waals surface area contributed by atoms with Gasteiger partial charge in [0.1, 0.15) is 5.82 Å². The van der Waals surface area contributed by atoms with Gasteiger partial charge in [-0.1, -0.05) is 13.3 Å².